The third kappa shape index (κ3) is 3.47. The van der Waals surface area contributed by atoms with Gasteiger partial charge in [0.2, 0.25) is 17.7 Å². The SMILES string of the molecule is COc1ccc(NC(=O)[C@@H]2[C@@H]3C(=O)N(Cc4ccccc4)C(=O)[C@H]3[C@@H]3c4ccccc4C=CN23)cc1. The molecule has 3 aromatic rings. The molecule has 36 heavy (non-hydrogen) atoms. The first-order valence-corrected chi connectivity index (χ1v) is 12.0. The summed E-state index contributed by atoms with van der Waals surface area (Å²) in [6, 6.07) is 23.1. The molecular formula is C29H25N3O4. The molecule has 0 spiro atoms. The molecule has 2 fully saturated rings. The normalized spacial score (nSPS) is 23.8. The van der Waals surface area contributed by atoms with Crippen LogP contribution in [0, 0.1) is 11.8 Å². The molecule has 1 N–H and O–H groups in total. The molecule has 180 valence electrons. The van der Waals surface area contributed by atoms with Gasteiger partial charge in [-0.3, -0.25) is 19.3 Å². The highest BCUT2D eigenvalue weighted by molar-refractivity contribution is 6.10. The number of hydrogen-bond acceptors (Lipinski definition) is 5. The van der Waals surface area contributed by atoms with Crippen molar-refractivity contribution < 1.29 is 19.1 Å². The monoisotopic (exact) mass is 479 g/mol. The second-order valence-electron chi connectivity index (χ2n) is 9.30. The predicted octanol–water partition coefficient (Wildman–Crippen LogP) is 3.84. The van der Waals surface area contributed by atoms with Crippen molar-refractivity contribution in [2.24, 2.45) is 11.8 Å². The molecule has 0 aromatic heterocycles. The van der Waals surface area contributed by atoms with Crippen LogP contribution in [0.1, 0.15) is 22.7 Å². The fourth-order valence-corrected chi connectivity index (χ4v) is 5.73. The van der Waals surface area contributed by atoms with Crippen LogP contribution in [-0.2, 0) is 20.9 Å². The van der Waals surface area contributed by atoms with Crippen molar-refractivity contribution in [1.82, 2.24) is 9.80 Å². The molecule has 3 aromatic carbocycles. The Morgan fingerprint density at radius 1 is 0.889 bits per heavy atom. The molecule has 0 aliphatic carbocycles. The lowest BCUT2D eigenvalue weighted by Crippen LogP contribution is -2.46. The molecule has 3 heterocycles. The number of anilines is 1. The summed E-state index contributed by atoms with van der Waals surface area (Å²) in [5.74, 6) is -1.58. The Labute approximate surface area is 209 Å². The summed E-state index contributed by atoms with van der Waals surface area (Å²) in [6.45, 7) is 0.197. The Hall–Kier alpha value is -4.39. The van der Waals surface area contributed by atoms with Gasteiger partial charge in [0.15, 0.2) is 0 Å². The number of nitrogens with zero attached hydrogens (tertiary/aromatic N) is 2. The number of methoxy groups -OCH3 is 1. The van der Waals surface area contributed by atoms with E-state index in [9.17, 15) is 14.4 Å². The van der Waals surface area contributed by atoms with Gasteiger partial charge in [0.25, 0.3) is 0 Å². The van der Waals surface area contributed by atoms with Gasteiger partial charge in [-0.15, -0.1) is 0 Å². The second kappa shape index (κ2) is 8.68. The zero-order valence-electron chi connectivity index (χ0n) is 19.7. The largest absolute Gasteiger partial charge is 0.497 e. The average molecular weight is 480 g/mol. The number of imide groups is 1. The Morgan fingerprint density at radius 3 is 2.33 bits per heavy atom. The van der Waals surface area contributed by atoms with Crippen LogP contribution in [0.3, 0.4) is 0 Å². The van der Waals surface area contributed by atoms with E-state index >= 15 is 0 Å². The average Bonchev–Trinajstić information content (AvgIpc) is 3.38. The molecule has 0 saturated carbocycles. The molecule has 7 nitrogen and oxygen atoms in total. The number of benzene rings is 3. The van der Waals surface area contributed by atoms with Gasteiger partial charge in [0, 0.05) is 11.9 Å². The lowest BCUT2D eigenvalue weighted by Gasteiger charge is -2.35. The van der Waals surface area contributed by atoms with Gasteiger partial charge in [-0.2, -0.15) is 0 Å². The quantitative estimate of drug-likeness (QED) is 0.563. The minimum atomic E-state index is -0.816. The maximum Gasteiger partial charge on any atom is 0.247 e. The van der Waals surface area contributed by atoms with E-state index in [-0.39, 0.29) is 30.3 Å². The van der Waals surface area contributed by atoms with E-state index in [1.165, 1.54) is 4.90 Å². The van der Waals surface area contributed by atoms with E-state index in [1.54, 1.807) is 31.4 Å². The fourth-order valence-electron chi connectivity index (χ4n) is 5.73. The third-order valence-corrected chi connectivity index (χ3v) is 7.36. The van der Waals surface area contributed by atoms with Crippen molar-refractivity contribution in [1.29, 1.82) is 0 Å². The maximum atomic E-state index is 13.8. The summed E-state index contributed by atoms with van der Waals surface area (Å²) in [5.41, 5.74) is 3.42. The van der Waals surface area contributed by atoms with Crippen molar-refractivity contribution in [3.8, 4) is 5.75 Å². The van der Waals surface area contributed by atoms with Crippen molar-refractivity contribution in [3.63, 3.8) is 0 Å². The highest BCUT2D eigenvalue weighted by Gasteiger charge is 2.64. The predicted molar refractivity (Wildman–Crippen MR) is 134 cm³/mol. The fraction of sp³-hybridized carbons (Fsp3) is 0.207. The van der Waals surface area contributed by atoms with Gasteiger partial charge in [0.1, 0.15) is 11.8 Å². The molecule has 0 bridgehead atoms. The van der Waals surface area contributed by atoms with Crippen LogP contribution in [0.25, 0.3) is 6.08 Å². The van der Waals surface area contributed by atoms with E-state index in [0.717, 1.165) is 16.7 Å². The summed E-state index contributed by atoms with van der Waals surface area (Å²) in [6.07, 6.45) is 3.79. The van der Waals surface area contributed by atoms with Crippen LogP contribution in [0.5, 0.6) is 5.75 Å². The lowest BCUT2D eigenvalue weighted by atomic mass is 9.84. The number of carbonyl (C=O) groups is 3. The Kier molecular flexibility index (Phi) is 5.33. The van der Waals surface area contributed by atoms with Crippen molar-refractivity contribution >= 4 is 29.5 Å². The zero-order chi connectivity index (χ0) is 24.8. The molecule has 6 rings (SSSR count). The van der Waals surface area contributed by atoms with Crippen molar-refractivity contribution in [2.45, 2.75) is 18.6 Å². The van der Waals surface area contributed by atoms with Crippen LogP contribution in [0.15, 0.2) is 85.1 Å². The Bertz CT molecular complexity index is 1370. The van der Waals surface area contributed by atoms with Crippen molar-refractivity contribution in [3.05, 3.63) is 102 Å². The number of fused-ring (bicyclic) bond motifs is 5. The standard InChI is InChI=1S/C29H25N3O4/c1-36-21-13-11-20(12-14-21)30-27(33)26-24-23(25-22-10-6-5-9-19(22)15-16-31(25)26)28(34)32(29(24)35)17-18-7-3-2-4-8-18/h2-16,23-26H,17H2,1H3,(H,30,33)/t23-,24-,25+,26+/m1/s1. The van der Waals surface area contributed by atoms with Crippen molar-refractivity contribution in [2.75, 3.05) is 12.4 Å². The summed E-state index contributed by atoms with van der Waals surface area (Å²) in [5, 5.41) is 2.95. The van der Waals surface area contributed by atoms with Gasteiger partial charge in [-0.1, -0.05) is 54.6 Å². The Morgan fingerprint density at radius 2 is 1.58 bits per heavy atom. The first-order chi connectivity index (χ1) is 17.6. The number of ether oxygens (including phenoxy) is 1. The summed E-state index contributed by atoms with van der Waals surface area (Å²) in [4.78, 5) is 44.5. The highest BCUT2D eigenvalue weighted by atomic mass is 16.5. The van der Waals surface area contributed by atoms with Crippen LogP contribution in [0.4, 0.5) is 5.69 Å². The van der Waals surface area contributed by atoms with Gasteiger partial charge in [-0.05, 0) is 47.0 Å². The molecule has 7 heteroatoms. The first kappa shape index (κ1) is 22.1. The number of rotatable bonds is 5. The van der Waals surface area contributed by atoms with Crippen LogP contribution in [0.2, 0.25) is 0 Å². The number of hydrogen-bond donors (Lipinski definition) is 1. The van der Waals surface area contributed by atoms with Gasteiger partial charge < -0.3 is 15.0 Å². The Balaban J connectivity index is 1.37. The molecule has 3 amide bonds. The minimum absolute atomic E-state index is 0.197. The van der Waals surface area contributed by atoms with Gasteiger partial charge in [-0.25, -0.2) is 0 Å². The highest BCUT2D eigenvalue weighted by Crippen LogP contribution is 2.52. The van der Waals surface area contributed by atoms with E-state index in [1.807, 2.05) is 71.8 Å². The summed E-state index contributed by atoms with van der Waals surface area (Å²) >= 11 is 0. The van der Waals surface area contributed by atoms with Crippen LogP contribution >= 0.6 is 0 Å². The number of amides is 3. The van der Waals surface area contributed by atoms with Crippen LogP contribution < -0.4 is 10.1 Å². The maximum absolute atomic E-state index is 13.8. The zero-order valence-corrected chi connectivity index (χ0v) is 19.7. The van der Waals surface area contributed by atoms with E-state index in [4.69, 9.17) is 4.74 Å². The summed E-state index contributed by atoms with van der Waals surface area (Å²) in [7, 11) is 1.58. The minimum Gasteiger partial charge on any atom is -0.497 e. The lowest BCUT2D eigenvalue weighted by molar-refractivity contribution is -0.143. The smallest absolute Gasteiger partial charge is 0.247 e. The van der Waals surface area contributed by atoms with E-state index < -0.39 is 17.9 Å². The van der Waals surface area contributed by atoms with Crippen LogP contribution in [-0.4, -0.2) is 40.7 Å². The molecule has 3 aliphatic heterocycles. The number of nitrogens with one attached hydrogen (secondary N) is 1. The molecule has 3 aliphatic rings. The first-order valence-electron chi connectivity index (χ1n) is 12.0. The molecular weight excluding hydrogens is 454 g/mol. The topological polar surface area (TPSA) is 79.0 Å². The molecule has 0 radical (unpaired) electrons. The molecule has 0 unspecified atom stereocenters. The van der Waals surface area contributed by atoms with Gasteiger partial charge >= 0.3 is 0 Å². The van der Waals surface area contributed by atoms with E-state index in [2.05, 4.69) is 5.32 Å². The van der Waals surface area contributed by atoms with Gasteiger partial charge in [0.05, 0.1) is 31.5 Å². The molecule has 2 saturated heterocycles. The third-order valence-electron chi connectivity index (χ3n) is 7.36. The molecule has 4 atom stereocenters. The number of likely N-dealkylation sites (tertiary alicyclic amines) is 1. The van der Waals surface area contributed by atoms with E-state index in [0.29, 0.717) is 11.4 Å². The summed E-state index contributed by atoms with van der Waals surface area (Å²) < 4.78 is 5.20. The second-order valence-corrected chi connectivity index (χ2v) is 9.30. The number of carbonyl (C=O) groups excluding carboxylic acids is 3.